The van der Waals surface area contributed by atoms with Crippen molar-refractivity contribution in [2.24, 2.45) is 0 Å². The number of benzene rings is 2. The first kappa shape index (κ1) is 20.2. The van der Waals surface area contributed by atoms with Gasteiger partial charge in [-0.3, -0.25) is 4.79 Å². The molecule has 1 aromatic heterocycles. The summed E-state index contributed by atoms with van der Waals surface area (Å²) in [5, 5.41) is 0.849. The van der Waals surface area contributed by atoms with Crippen LogP contribution in [-0.4, -0.2) is 25.1 Å². The number of anilines is 2. The van der Waals surface area contributed by atoms with Gasteiger partial charge >= 0.3 is 0 Å². The van der Waals surface area contributed by atoms with Gasteiger partial charge in [-0.15, -0.1) is 0 Å². The summed E-state index contributed by atoms with van der Waals surface area (Å²) in [6.45, 7) is 1.27. The molecular formula is C21H19F2N3O3S. The number of fused-ring (bicyclic) bond motifs is 2. The minimum Gasteiger partial charge on any atom is -0.384 e. The molecule has 2 N–H and O–H groups in total. The molecule has 6 nitrogen and oxygen atoms in total. The summed E-state index contributed by atoms with van der Waals surface area (Å²) < 4.78 is 54.2. The monoisotopic (exact) mass is 431 g/mol. The van der Waals surface area contributed by atoms with Crippen molar-refractivity contribution in [2.45, 2.75) is 30.7 Å². The number of nitrogens with zero attached hydrogens (tertiary/aromatic N) is 2. The maximum Gasteiger partial charge on any atom is 0.275 e. The van der Waals surface area contributed by atoms with Crippen molar-refractivity contribution < 1.29 is 22.0 Å². The Balaban J connectivity index is 1.83. The molecule has 9 heteroatoms. The Bertz CT molecular complexity index is 1280. The van der Waals surface area contributed by atoms with Crippen LogP contribution in [0.4, 0.5) is 20.3 Å². The number of carbonyl (C=O) groups is 1. The molecule has 0 radical (unpaired) electrons. The van der Waals surface area contributed by atoms with Crippen LogP contribution in [-0.2, 0) is 27.1 Å². The summed E-state index contributed by atoms with van der Waals surface area (Å²) in [7, 11) is -3.96. The number of halogens is 2. The quantitative estimate of drug-likeness (QED) is 0.683. The number of alkyl halides is 2. The summed E-state index contributed by atoms with van der Waals surface area (Å²) >= 11 is 0. The van der Waals surface area contributed by atoms with Gasteiger partial charge in [0.2, 0.25) is 5.91 Å². The average Bonchev–Trinajstić information content (AvgIpc) is 2.69. The molecule has 0 atom stereocenters. The van der Waals surface area contributed by atoms with Crippen molar-refractivity contribution in [3.63, 3.8) is 0 Å². The third-order valence-electron chi connectivity index (χ3n) is 5.17. The summed E-state index contributed by atoms with van der Waals surface area (Å²) in [6.07, 6.45) is -0.774. The molecule has 0 fully saturated rings. The zero-order valence-corrected chi connectivity index (χ0v) is 16.9. The largest absolute Gasteiger partial charge is 0.384 e. The van der Waals surface area contributed by atoms with Crippen molar-refractivity contribution in [3.8, 4) is 0 Å². The molecule has 0 spiro atoms. The van der Waals surface area contributed by atoms with Gasteiger partial charge in [0.05, 0.1) is 28.4 Å². The molecule has 1 aliphatic rings. The zero-order valence-electron chi connectivity index (χ0n) is 16.1. The lowest BCUT2D eigenvalue weighted by Crippen LogP contribution is -2.34. The zero-order chi connectivity index (χ0) is 21.7. The molecule has 2 aromatic carbocycles. The lowest BCUT2D eigenvalue weighted by Gasteiger charge is -2.30. The molecule has 30 heavy (non-hydrogen) atoms. The maximum atomic E-state index is 14.4. The third kappa shape index (κ3) is 3.49. The van der Waals surface area contributed by atoms with Gasteiger partial charge in [0.25, 0.3) is 5.92 Å². The average molecular weight is 431 g/mol. The van der Waals surface area contributed by atoms with E-state index < -0.39 is 44.3 Å². The van der Waals surface area contributed by atoms with Gasteiger partial charge in [-0.25, -0.2) is 22.2 Å². The van der Waals surface area contributed by atoms with Crippen LogP contribution in [0, 0.1) is 0 Å². The Morgan fingerprint density at radius 1 is 1.20 bits per heavy atom. The van der Waals surface area contributed by atoms with E-state index in [1.165, 1.54) is 24.0 Å². The van der Waals surface area contributed by atoms with E-state index in [1.807, 2.05) is 6.07 Å². The van der Waals surface area contributed by atoms with Gasteiger partial charge in [-0.05, 0) is 29.8 Å². The number of sulfone groups is 1. The molecule has 0 saturated heterocycles. The molecule has 156 valence electrons. The number of pyridine rings is 1. The number of hydrogen-bond acceptors (Lipinski definition) is 5. The van der Waals surface area contributed by atoms with Gasteiger partial charge in [-0.1, -0.05) is 24.3 Å². The van der Waals surface area contributed by atoms with Gasteiger partial charge < -0.3 is 10.6 Å². The van der Waals surface area contributed by atoms with E-state index >= 15 is 0 Å². The molecule has 0 bridgehead atoms. The van der Waals surface area contributed by atoms with Crippen molar-refractivity contribution >= 4 is 38.2 Å². The summed E-state index contributed by atoms with van der Waals surface area (Å²) in [4.78, 5) is 17.4. The van der Waals surface area contributed by atoms with Crippen LogP contribution in [0.1, 0.15) is 24.5 Å². The fraction of sp³-hybridized carbons (Fsp3) is 0.238. The van der Waals surface area contributed by atoms with Gasteiger partial charge in [0.1, 0.15) is 5.82 Å². The van der Waals surface area contributed by atoms with E-state index in [0.29, 0.717) is 16.9 Å². The first-order chi connectivity index (χ1) is 14.1. The van der Waals surface area contributed by atoms with Crippen molar-refractivity contribution in [1.82, 2.24) is 4.98 Å². The standard InChI is InChI=1S/C21H19F2N3O3S/c1-13(27)26(12-14-5-6-15-7-8-19(24)25-17(15)11-14)18-4-2-3-16-20(18)30(28,29)10-9-21(16,22)23/h2-8,11H,9-10,12H2,1H3,(H2,24,25). The molecule has 1 aliphatic heterocycles. The van der Waals surface area contributed by atoms with E-state index in [4.69, 9.17) is 5.73 Å². The number of aromatic nitrogens is 1. The highest BCUT2D eigenvalue weighted by atomic mass is 32.2. The van der Waals surface area contributed by atoms with E-state index in [2.05, 4.69) is 4.98 Å². The minimum absolute atomic E-state index is 0.000697. The molecule has 1 amide bonds. The lowest BCUT2D eigenvalue weighted by atomic mass is 10.0. The van der Waals surface area contributed by atoms with Crippen LogP contribution in [0.15, 0.2) is 53.4 Å². The first-order valence-corrected chi connectivity index (χ1v) is 10.9. The molecule has 0 aliphatic carbocycles. The molecule has 0 saturated carbocycles. The van der Waals surface area contributed by atoms with E-state index in [9.17, 15) is 22.0 Å². The topological polar surface area (TPSA) is 93.4 Å². The normalized spacial score (nSPS) is 16.8. The Hall–Kier alpha value is -3.07. The Labute approximate surface area is 172 Å². The lowest BCUT2D eigenvalue weighted by molar-refractivity contribution is -0.116. The number of carbonyl (C=O) groups excluding carboxylic acids is 1. The first-order valence-electron chi connectivity index (χ1n) is 9.26. The Morgan fingerprint density at radius 3 is 2.67 bits per heavy atom. The highest BCUT2D eigenvalue weighted by molar-refractivity contribution is 7.91. The highest BCUT2D eigenvalue weighted by Crippen LogP contribution is 2.45. The smallest absolute Gasteiger partial charge is 0.275 e. The Morgan fingerprint density at radius 2 is 1.93 bits per heavy atom. The van der Waals surface area contributed by atoms with E-state index in [-0.39, 0.29) is 12.2 Å². The second-order valence-electron chi connectivity index (χ2n) is 7.30. The number of hydrogen-bond donors (Lipinski definition) is 1. The maximum absolute atomic E-state index is 14.4. The number of nitrogen functional groups attached to an aromatic ring is 1. The molecule has 0 unspecified atom stereocenters. The third-order valence-corrected chi connectivity index (χ3v) is 6.97. The molecule has 4 rings (SSSR count). The van der Waals surface area contributed by atoms with Crippen LogP contribution in [0.2, 0.25) is 0 Å². The second-order valence-corrected chi connectivity index (χ2v) is 9.34. The molecule has 2 heterocycles. The van der Waals surface area contributed by atoms with Crippen LogP contribution in [0.5, 0.6) is 0 Å². The van der Waals surface area contributed by atoms with E-state index in [0.717, 1.165) is 11.5 Å². The van der Waals surface area contributed by atoms with Gasteiger partial charge in [0, 0.05) is 24.3 Å². The number of nitrogens with two attached hydrogens (primary N) is 1. The highest BCUT2D eigenvalue weighted by Gasteiger charge is 2.45. The van der Waals surface area contributed by atoms with Crippen molar-refractivity contribution in [2.75, 3.05) is 16.4 Å². The minimum atomic E-state index is -3.96. The van der Waals surface area contributed by atoms with Crippen LogP contribution >= 0.6 is 0 Å². The van der Waals surface area contributed by atoms with Crippen LogP contribution < -0.4 is 10.6 Å². The predicted molar refractivity (Wildman–Crippen MR) is 110 cm³/mol. The van der Waals surface area contributed by atoms with Gasteiger partial charge in [-0.2, -0.15) is 0 Å². The number of amides is 1. The number of rotatable bonds is 3. The van der Waals surface area contributed by atoms with Gasteiger partial charge in [0.15, 0.2) is 9.84 Å². The SMILES string of the molecule is CC(=O)N(Cc1ccc2ccc(N)nc2c1)c1cccc2c1S(=O)(=O)CCC2(F)F. The summed E-state index contributed by atoms with van der Waals surface area (Å²) in [5.41, 5.74) is 6.40. The molecule has 3 aromatic rings. The van der Waals surface area contributed by atoms with Crippen LogP contribution in [0.25, 0.3) is 10.9 Å². The summed E-state index contributed by atoms with van der Waals surface area (Å²) in [6, 6.07) is 12.6. The van der Waals surface area contributed by atoms with Crippen molar-refractivity contribution in [3.05, 3.63) is 59.7 Å². The molecular weight excluding hydrogens is 412 g/mol. The predicted octanol–water partition coefficient (Wildman–Crippen LogP) is 3.64. The fourth-order valence-electron chi connectivity index (χ4n) is 3.68. The van der Waals surface area contributed by atoms with Crippen LogP contribution in [0.3, 0.4) is 0 Å². The van der Waals surface area contributed by atoms with E-state index in [1.54, 1.807) is 24.3 Å². The van der Waals surface area contributed by atoms with Crippen molar-refractivity contribution in [1.29, 1.82) is 0 Å². The second kappa shape index (κ2) is 7.02. The fourth-order valence-corrected chi connectivity index (χ4v) is 5.46. The summed E-state index contributed by atoms with van der Waals surface area (Å²) in [5.74, 6) is -4.07. The Kier molecular flexibility index (Phi) is 4.73.